The Morgan fingerprint density at radius 2 is 1.86 bits per heavy atom. The first-order valence-electron chi connectivity index (χ1n) is 7.24. The third kappa shape index (κ3) is 4.95. The zero-order chi connectivity index (χ0) is 15.1. The van der Waals surface area contributed by atoms with Crippen LogP contribution in [0.3, 0.4) is 0 Å². The summed E-state index contributed by atoms with van der Waals surface area (Å²) in [5, 5.41) is 2.72. The van der Waals surface area contributed by atoms with E-state index in [4.69, 9.17) is 5.73 Å². The lowest BCUT2D eigenvalue weighted by Crippen LogP contribution is -2.32. The minimum absolute atomic E-state index is 0.121. The Kier molecular flexibility index (Phi) is 5.37. The highest BCUT2D eigenvalue weighted by Crippen LogP contribution is 2.08. The predicted molar refractivity (Wildman–Crippen MR) is 83.3 cm³/mol. The van der Waals surface area contributed by atoms with E-state index in [1.165, 1.54) is 6.08 Å². The number of amides is 2. The summed E-state index contributed by atoms with van der Waals surface area (Å²) >= 11 is 0. The smallest absolute Gasteiger partial charge is 0.244 e. The number of likely N-dealkylation sites (tertiary alicyclic amines) is 1. The van der Waals surface area contributed by atoms with E-state index in [1.807, 2.05) is 17.0 Å². The van der Waals surface area contributed by atoms with Gasteiger partial charge < -0.3 is 16.0 Å². The van der Waals surface area contributed by atoms with Gasteiger partial charge in [0.2, 0.25) is 11.8 Å². The Balaban J connectivity index is 1.69. The summed E-state index contributed by atoms with van der Waals surface area (Å²) in [6.07, 6.45) is 5.72. The van der Waals surface area contributed by atoms with Gasteiger partial charge in [-0.05, 0) is 36.6 Å². The molecule has 1 heterocycles. The molecule has 0 radical (unpaired) electrons. The quantitative estimate of drug-likeness (QED) is 0.635. The van der Waals surface area contributed by atoms with Crippen LogP contribution in [0.2, 0.25) is 0 Å². The van der Waals surface area contributed by atoms with Crippen molar-refractivity contribution in [1.29, 1.82) is 0 Å². The number of benzene rings is 1. The number of nitrogens with two attached hydrogens (primary N) is 1. The fraction of sp³-hybridized carbons (Fsp3) is 0.375. The van der Waals surface area contributed by atoms with E-state index in [0.29, 0.717) is 18.7 Å². The maximum atomic E-state index is 11.8. The average molecular weight is 287 g/mol. The molecule has 1 saturated heterocycles. The van der Waals surface area contributed by atoms with E-state index in [-0.39, 0.29) is 11.8 Å². The molecule has 21 heavy (non-hydrogen) atoms. The minimum atomic E-state index is -0.193. The molecule has 2 rings (SSSR count). The first kappa shape index (κ1) is 15.1. The molecule has 5 heteroatoms. The average Bonchev–Trinajstić information content (AvgIpc) is 3.01. The molecule has 0 unspecified atom stereocenters. The summed E-state index contributed by atoms with van der Waals surface area (Å²) in [7, 11) is 0. The lowest BCUT2D eigenvalue weighted by atomic mass is 10.2. The molecule has 0 aliphatic carbocycles. The van der Waals surface area contributed by atoms with Gasteiger partial charge in [0.05, 0.1) is 0 Å². The number of hydrogen-bond donors (Lipinski definition) is 2. The van der Waals surface area contributed by atoms with Crippen molar-refractivity contribution in [3.8, 4) is 0 Å². The molecule has 112 valence electrons. The van der Waals surface area contributed by atoms with E-state index in [2.05, 4.69) is 5.32 Å². The van der Waals surface area contributed by atoms with Gasteiger partial charge in [-0.3, -0.25) is 9.59 Å². The Bertz CT molecular complexity index is 517. The van der Waals surface area contributed by atoms with Crippen molar-refractivity contribution >= 4 is 23.6 Å². The molecule has 0 saturated carbocycles. The molecule has 1 aliphatic rings. The summed E-state index contributed by atoms with van der Waals surface area (Å²) in [6.45, 7) is 2.08. The topological polar surface area (TPSA) is 75.4 Å². The van der Waals surface area contributed by atoms with E-state index >= 15 is 0 Å². The van der Waals surface area contributed by atoms with Crippen LogP contribution in [0.4, 0.5) is 5.69 Å². The molecule has 1 aromatic rings. The van der Waals surface area contributed by atoms with E-state index in [0.717, 1.165) is 31.5 Å². The van der Waals surface area contributed by atoms with Crippen LogP contribution in [0.1, 0.15) is 24.8 Å². The molecule has 1 fully saturated rings. The van der Waals surface area contributed by atoms with Crippen molar-refractivity contribution in [2.45, 2.75) is 19.3 Å². The van der Waals surface area contributed by atoms with Crippen LogP contribution >= 0.6 is 0 Å². The molecule has 0 atom stereocenters. The number of nitrogen functional groups attached to an aromatic ring is 1. The number of carbonyl (C=O) groups is 2. The highest BCUT2D eigenvalue weighted by molar-refractivity contribution is 5.92. The summed E-state index contributed by atoms with van der Waals surface area (Å²) < 4.78 is 0. The normalized spacial score (nSPS) is 14.6. The van der Waals surface area contributed by atoms with Gasteiger partial charge >= 0.3 is 0 Å². The van der Waals surface area contributed by atoms with Gasteiger partial charge in [-0.2, -0.15) is 0 Å². The highest BCUT2D eigenvalue weighted by atomic mass is 16.2. The molecule has 0 bridgehead atoms. The van der Waals surface area contributed by atoms with Crippen LogP contribution in [0.15, 0.2) is 30.3 Å². The summed E-state index contributed by atoms with van der Waals surface area (Å²) in [5.41, 5.74) is 7.19. The molecule has 0 aromatic heterocycles. The van der Waals surface area contributed by atoms with Crippen molar-refractivity contribution in [1.82, 2.24) is 10.2 Å². The zero-order valence-corrected chi connectivity index (χ0v) is 12.0. The zero-order valence-electron chi connectivity index (χ0n) is 12.0. The third-order valence-electron chi connectivity index (χ3n) is 3.46. The van der Waals surface area contributed by atoms with Crippen molar-refractivity contribution in [3.63, 3.8) is 0 Å². The highest BCUT2D eigenvalue weighted by Gasteiger charge is 2.17. The lowest BCUT2D eigenvalue weighted by molar-refractivity contribution is -0.130. The Morgan fingerprint density at radius 3 is 2.52 bits per heavy atom. The largest absolute Gasteiger partial charge is 0.399 e. The molecular formula is C16H21N3O2. The first-order chi connectivity index (χ1) is 10.1. The van der Waals surface area contributed by atoms with E-state index < -0.39 is 0 Å². The van der Waals surface area contributed by atoms with Gasteiger partial charge in [-0.1, -0.05) is 12.1 Å². The van der Waals surface area contributed by atoms with Crippen molar-refractivity contribution in [2.24, 2.45) is 0 Å². The van der Waals surface area contributed by atoms with Gasteiger partial charge in [0.15, 0.2) is 0 Å². The van der Waals surface area contributed by atoms with Crippen LogP contribution in [0, 0.1) is 0 Å². The van der Waals surface area contributed by atoms with Crippen LogP contribution < -0.4 is 11.1 Å². The fourth-order valence-corrected chi connectivity index (χ4v) is 2.26. The number of carbonyl (C=O) groups excluding carboxylic acids is 2. The molecular weight excluding hydrogens is 266 g/mol. The predicted octanol–water partition coefficient (Wildman–Crippen LogP) is 1.41. The van der Waals surface area contributed by atoms with Crippen LogP contribution in [-0.2, 0) is 9.59 Å². The summed E-state index contributed by atoms with van der Waals surface area (Å²) in [4.78, 5) is 25.3. The fourth-order valence-electron chi connectivity index (χ4n) is 2.26. The van der Waals surface area contributed by atoms with E-state index in [9.17, 15) is 9.59 Å². The minimum Gasteiger partial charge on any atom is -0.399 e. The number of nitrogens with zero attached hydrogens (tertiary/aromatic N) is 1. The number of rotatable bonds is 5. The second-order valence-corrected chi connectivity index (χ2v) is 5.13. The first-order valence-corrected chi connectivity index (χ1v) is 7.24. The molecule has 0 spiro atoms. The maximum absolute atomic E-state index is 11.8. The van der Waals surface area contributed by atoms with E-state index in [1.54, 1.807) is 18.2 Å². The number of hydrogen-bond acceptors (Lipinski definition) is 3. The molecule has 3 N–H and O–H groups in total. The van der Waals surface area contributed by atoms with Crippen molar-refractivity contribution in [3.05, 3.63) is 35.9 Å². The maximum Gasteiger partial charge on any atom is 0.244 e. The monoisotopic (exact) mass is 287 g/mol. The Hall–Kier alpha value is -2.30. The second-order valence-electron chi connectivity index (χ2n) is 5.13. The van der Waals surface area contributed by atoms with Gasteiger partial charge in [0.1, 0.15) is 0 Å². The molecule has 2 amide bonds. The summed E-state index contributed by atoms with van der Waals surface area (Å²) in [6, 6.07) is 7.25. The van der Waals surface area contributed by atoms with Gasteiger partial charge in [-0.15, -0.1) is 0 Å². The van der Waals surface area contributed by atoms with Crippen LogP contribution in [0.5, 0.6) is 0 Å². The summed E-state index contributed by atoms with van der Waals surface area (Å²) in [5.74, 6) is -0.0728. The molecule has 1 aromatic carbocycles. The SMILES string of the molecule is Nc1ccc(/C=C/C(=O)NCCC(=O)N2CCCC2)cc1. The second kappa shape index (κ2) is 7.47. The number of nitrogens with one attached hydrogen (secondary N) is 1. The van der Waals surface area contributed by atoms with Crippen LogP contribution in [0.25, 0.3) is 6.08 Å². The molecule has 5 nitrogen and oxygen atoms in total. The van der Waals surface area contributed by atoms with Gasteiger partial charge in [-0.25, -0.2) is 0 Å². The van der Waals surface area contributed by atoms with Crippen molar-refractivity contribution < 1.29 is 9.59 Å². The van der Waals surface area contributed by atoms with Crippen LogP contribution in [-0.4, -0.2) is 36.3 Å². The van der Waals surface area contributed by atoms with Gasteiger partial charge in [0.25, 0.3) is 0 Å². The van der Waals surface area contributed by atoms with Gasteiger partial charge in [0, 0.05) is 37.8 Å². The Morgan fingerprint density at radius 1 is 1.19 bits per heavy atom. The van der Waals surface area contributed by atoms with Crippen molar-refractivity contribution in [2.75, 3.05) is 25.4 Å². The molecule has 1 aliphatic heterocycles. The standard InChI is InChI=1S/C16H21N3O2/c17-14-6-3-13(4-7-14)5-8-15(20)18-10-9-16(21)19-11-1-2-12-19/h3-8H,1-2,9-12,17H2,(H,18,20)/b8-5+. The third-order valence-corrected chi connectivity index (χ3v) is 3.46. The number of anilines is 1. The lowest BCUT2D eigenvalue weighted by Gasteiger charge is -2.14. The Labute approximate surface area is 124 Å².